The summed E-state index contributed by atoms with van der Waals surface area (Å²) in [6, 6.07) is 157. The highest BCUT2D eigenvalue weighted by atomic mass is 15.0. The van der Waals surface area contributed by atoms with Gasteiger partial charge >= 0.3 is 0 Å². The van der Waals surface area contributed by atoms with Gasteiger partial charge in [0.1, 0.15) is 12.7 Å². The summed E-state index contributed by atoms with van der Waals surface area (Å²) in [5, 5.41) is 30.3. The van der Waals surface area contributed by atoms with Gasteiger partial charge < -0.3 is 27.4 Å². The van der Waals surface area contributed by atoms with Crippen LogP contribution in [0.1, 0.15) is 0 Å². The third-order valence-electron chi connectivity index (χ3n) is 28.6. The molecule has 0 bridgehead atoms. The summed E-state index contributed by atoms with van der Waals surface area (Å²) >= 11 is 0. The molecule has 0 saturated carbocycles. The van der Waals surface area contributed by atoms with E-state index in [9.17, 15) is 0 Å². The van der Waals surface area contributed by atoms with E-state index in [0.29, 0.717) is 0 Å². The van der Waals surface area contributed by atoms with Crippen molar-refractivity contribution in [1.82, 2.24) is 52.3 Å². The number of rotatable bonds is 9. The fourth-order valence-electron chi connectivity index (χ4n) is 22.5. The Balaban J connectivity index is 0.000000103. The molecule has 9 aromatic heterocycles. The molecule has 11 nitrogen and oxygen atoms in total. The minimum absolute atomic E-state index is 0.950. The van der Waals surface area contributed by atoms with Crippen molar-refractivity contribution >= 4 is 195 Å². The molecule has 11 heteroatoms. The molecule has 0 aliphatic heterocycles. The molecule has 138 heavy (non-hydrogen) atoms. The molecule has 30 rings (SSSR count). The van der Waals surface area contributed by atoms with Gasteiger partial charge in [-0.3, -0.25) is 4.98 Å². The molecule has 0 amide bonds. The van der Waals surface area contributed by atoms with E-state index in [4.69, 9.17) is 0 Å². The standard InChI is InChI=1S/C48H30N2.C47H29N3.C32H20N6/c1-2-12-33(13-3-1)49-45-20-10-8-18-40(45)43-28-31(22-26-47(43)49)32-23-27-48-44(29-32)41-19-9-11-21-46(41)50(48)34-24-25-39-37-16-5-4-14-35(37)36-15-6-7-17-38(36)42(39)30-34;1-2-11-36-34(9-1)35-10-3-4-12-37(35)41-29-33(19-20-38(36)41)50-45-16-8-6-14-40(45)43-28-31(18-22-47(43)50)30-17-21-46-42(27-30)39-13-5-7-15-44(39)49(46)32-23-25-48-26-24-32;1-3-7-29-25(5-1)27-13-21(9-11-31(27)37(29)23-15-33-19-34-16-23)22-10-12-32-28(14-22)26-6-2-4-8-30(26)38(32)24-17-35-20-36-18-24/h1-30H;1-29H;1-20H. The Labute approximate surface area is 790 Å². The van der Waals surface area contributed by atoms with E-state index >= 15 is 0 Å². The molecule has 642 valence electrons. The van der Waals surface area contributed by atoms with E-state index in [2.05, 4.69) is 483 Å². The average Bonchev–Trinajstić information content (AvgIpc) is 1.68. The number of hydrogen-bond donors (Lipinski definition) is 0. The van der Waals surface area contributed by atoms with Gasteiger partial charge in [0, 0.05) is 99.8 Å². The summed E-state index contributed by atoms with van der Waals surface area (Å²) in [6.07, 6.45) is 14.3. The number of para-hydroxylation sites is 7. The van der Waals surface area contributed by atoms with Crippen LogP contribution in [0.3, 0.4) is 0 Å². The van der Waals surface area contributed by atoms with E-state index in [1.807, 2.05) is 37.2 Å². The number of fused-ring (bicyclic) bond motifs is 30. The summed E-state index contributed by atoms with van der Waals surface area (Å²) in [6.45, 7) is 0. The SMILES string of the molecule is c1ccc(-n2c3ccccc3c3cc(-c4ccc5c(c4)c4ccccc4n5-c4ccc5c6ccccc6c6ccccc6c5c4)ccc32)cc1.c1ccc2c(c1)c1cc(-c3ccc4c(c3)c3ccccc3n4-c3cncnc3)ccc1n2-c1cncnc1.c1ccc2c(c1)c1ccccc1c1cc(-n3c4ccccc4c4cc(-c5ccc6c(c5)c5ccccc5n6-c5ccncc5)ccc43)ccc21. The van der Waals surface area contributed by atoms with Gasteiger partial charge in [-0.15, -0.1) is 0 Å². The molecular weight excluding hydrogens is 1680 g/mol. The number of aromatic nitrogens is 11. The van der Waals surface area contributed by atoms with Crippen LogP contribution >= 0.6 is 0 Å². The van der Waals surface area contributed by atoms with Crippen LogP contribution in [-0.4, -0.2) is 52.3 Å². The Morgan fingerprint density at radius 3 is 0.572 bits per heavy atom. The summed E-state index contributed by atoms with van der Waals surface area (Å²) in [4.78, 5) is 21.3. The molecule has 0 atom stereocenters. The molecule has 9 heterocycles. The highest BCUT2D eigenvalue weighted by molar-refractivity contribution is 6.28. The lowest BCUT2D eigenvalue weighted by Gasteiger charge is -2.14. The van der Waals surface area contributed by atoms with Gasteiger partial charge in [0.25, 0.3) is 0 Å². The van der Waals surface area contributed by atoms with Gasteiger partial charge in [0.05, 0.1) is 102 Å². The van der Waals surface area contributed by atoms with Crippen LogP contribution in [0.25, 0.3) is 263 Å². The van der Waals surface area contributed by atoms with E-state index in [1.54, 1.807) is 12.7 Å². The minimum atomic E-state index is 0.950. The molecule has 0 N–H and O–H groups in total. The summed E-state index contributed by atoms with van der Waals surface area (Å²) in [7, 11) is 0. The van der Waals surface area contributed by atoms with Crippen molar-refractivity contribution in [2.24, 2.45) is 0 Å². The van der Waals surface area contributed by atoms with Crippen molar-refractivity contribution in [3.05, 3.63) is 481 Å². The Kier molecular flexibility index (Phi) is 17.8. The van der Waals surface area contributed by atoms with Crippen LogP contribution in [0.2, 0.25) is 0 Å². The molecule has 0 unspecified atom stereocenters. The fourth-order valence-corrected chi connectivity index (χ4v) is 22.5. The molecule has 0 aliphatic rings. The van der Waals surface area contributed by atoms with Crippen molar-refractivity contribution in [2.45, 2.75) is 0 Å². The summed E-state index contributed by atoms with van der Waals surface area (Å²) < 4.78 is 14.0. The molecule has 21 aromatic carbocycles. The first-order valence-electron chi connectivity index (χ1n) is 46.8. The zero-order chi connectivity index (χ0) is 90.6. The lowest BCUT2D eigenvalue weighted by molar-refractivity contribution is 1.07. The molecule has 0 spiro atoms. The molecule has 0 fully saturated rings. The van der Waals surface area contributed by atoms with Gasteiger partial charge in [-0.1, -0.05) is 273 Å². The van der Waals surface area contributed by atoms with Crippen molar-refractivity contribution in [2.75, 3.05) is 0 Å². The van der Waals surface area contributed by atoms with Gasteiger partial charge in [-0.25, -0.2) is 19.9 Å². The second kappa shape index (κ2) is 31.5. The smallest absolute Gasteiger partial charge is 0.115 e. The molecule has 0 saturated heterocycles. The number of benzene rings is 21. The van der Waals surface area contributed by atoms with Crippen molar-refractivity contribution in [1.29, 1.82) is 0 Å². The lowest BCUT2D eigenvalue weighted by atomic mass is 9.94. The first-order chi connectivity index (χ1) is 68.5. The third-order valence-corrected chi connectivity index (χ3v) is 28.6. The Morgan fingerprint density at radius 2 is 0.312 bits per heavy atom. The van der Waals surface area contributed by atoms with Gasteiger partial charge in [0.2, 0.25) is 0 Å². The van der Waals surface area contributed by atoms with Crippen molar-refractivity contribution in [3.8, 4) is 67.5 Å². The largest absolute Gasteiger partial charge is 0.309 e. The average molecular weight is 1760 g/mol. The van der Waals surface area contributed by atoms with Gasteiger partial charge in [0.15, 0.2) is 0 Å². The first-order valence-corrected chi connectivity index (χ1v) is 46.8. The maximum Gasteiger partial charge on any atom is 0.115 e. The van der Waals surface area contributed by atoms with Crippen LogP contribution < -0.4 is 0 Å². The first kappa shape index (κ1) is 78.0. The summed E-state index contributed by atoms with van der Waals surface area (Å²) in [5.41, 5.74) is 27.9. The van der Waals surface area contributed by atoms with Crippen molar-refractivity contribution in [3.63, 3.8) is 0 Å². The Hall–Kier alpha value is -18.7. The van der Waals surface area contributed by atoms with Gasteiger partial charge in [-0.05, 0) is 256 Å². The maximum atomic E-state index is 4.26. The Morgan fingerprint density at radius 1 is 0.116 bits per heavy atom. The zero-order valence-electron chi connectivity index (χ0n) is 74.5. The third kappa shape index (κ3) is 12.3. The maximum absolute atomic E-state index is 4.26. The van der Waals surface area contributed by atoms with E-state index in [0.717, 1.165) is 39.1 Å². The number of hydrogen-bond acceptors (Lipinski definition) is 5. The minimum Gasteiger partial charge on any atom is -0.309 e. The fraction of sp³-hybridized carbons (Fsp3) is 0. The predicted molar refractivity (Wildman–Crippen MR) is 576 cm³/mol. The van der Waals surface area contributed by atoms with Crippen molar-refractivity contribution < 1.29 is 0 Å². The quantitative estimate of drug-likeness (QED) is 0.134. The van der Waals surface area contributed by atoms with E-state index in [-0.39, 0.29) is 0 Å². The second-order valence-corrected chi connectivity index (χ2v) is 35.9. The van der Waals surface area contributed by atoms with Crippen LogP contribution in [-0.2, 0) is 0 Å². The number of nitrogens with zero attached hydrogens (tertiary/aromatic N) is 11. The lowest BCUT2D eigenvalue weighted by Crippen LogP contribution is -1.95. The highest BCUT2D eigenvalue weighted by Gasteiger charge is 2.24. The predicted octanol–water partition coefficient (Wildman–Crippen LogP) is 32.5. The van der Waals surface area contributed by atoms with Crippen LogP contribution in [0.4, 0.5) is 0 Å². The van der Waals surface area contributed by atoms with E-state index in [1.165, 1.54) is 224 Å². The second-order valence-electron chi connectivity index (χ2n) is 35.9. The Bertz CT molecular complexity index is 9600. The molecule has 30 aromatic rings. The van der Waals surface area contributed by atoms with Crippen LogP contribution in [0, 0.1) is 0 Å². The summed E-state index contributed by atoms with van der Waals surface area (Å²) in [5.74, 6) is 0. The van der Waals surface area contributed by atoms with Gasteiger partial charge in [-0.2, -0.15) is 0 Å². The monoisotopic (exact) mass is 1760 g/mol. The molecular formula is C127H79N11. The number of pyridine rings is 1. The molecule has 0 aliphatic carbocycles. The highest BCUT2D eigenvalue weighted by Crippen LogP contribution is 2.47. The van der Waals surface area contributed by atoms with Crippen LogP contribution in [0.5, 0.6) is 0 Å². The topological polar surface area (TPSA) is 94.0 Å². The van der Waals surface area contributed by atoms with Crippen LogP contribution in [0.15, 0.2) is 481 Å². The van der Waals surface area contributed by atoms with E-state index < -0.39 is 0 Å². The normalized spacial score (nSPS) is 11.9. The molecule has 0 radical (unpaired) electrons. The zero-order valence-corrected chi connectivity index (χ0v) is 74.5.